The minimum Gasteiger partial charge on any atom is -0.462 e. The van der Waals surface area contributed by atoms with Crippen LogP contribution in [0, 0.1) is 6.92 Å². The van der Waals surface area contributed by atoms with Gasteiger partial charge in [0.2, 0.25) is 0 Å². The van der Waals surface area contributed by atoms with Crippen LogP contribution in [0.15, 0.2) is 22.8 Å². The van der Waals surface area contributed by atoms with Crippen LogP contribution >= 0.6 is 11.3 Å². The van der Waals surface area contributed by atoms with E-state index in [4.69, 9.17) is 4.42 Å². The molecule has 0 atom stereocenters. The van der Waals surface area contributed by atoms with Crippen molar-refractivity contribution in [3.8, 4) is 10.8 Å². The van der Waals surface area contributed by atoms with E-state index in [-0.39, 0.29) is 12.5 Å². The molecule has 0 unspecified atom stereocenters. The summed E-state index contributed by atoms with van der Waals surface area (Å²) < 4.78 is 5.26. The van der Waals surface area contributed by atoms with Crippen LogP contribution in [0.4, 0.5) is 0 Å². The fourth-order valence-corrected chi connectivity index (χ4v) is 2.37. The smallest absolute Gasteiger partial charge is 0.271 e. The number of aromatic nitrogens is 1. The lowest BCUT2D eigenvalue weighted by Gasteiger charge is -2.17. The van der Waals surface area contributed by atoms with Gasteiger partial charge in [-0.1, -0.05) is 0 Å². The van der Waals surface area contributed by atoms with Crippen LogP contribution in [0.1, 0.15) is 29.2 Å². The molecule has 2 rings (SSSR count). The first-order chi connectivity index (χ1) is 8.87. The highest BCUT2D eigenvalue weighted by Gasteiger charge is 2.20. The lowest BCUT2D eigenvalue weighted by Crippen LogP contribution is -2.38. The molecule has 2 heterocycles. The molecule has 2 aromatic rings. The molecule has 0 fully saturated rings. The van der Waals surface area contributed by atoms with Gasteiger partial charge in [0, 0.05) is 11.4 Å². The zero-order chi connectivity index (χ0) is 14.0. The molecule has 19 heavy (non-hydrogen) atoms. The Labute approximate surface area is 115 Å². The molecule has 0 aromatic carbocycles. The average Bonchev–Trinajstić information content (AvgIpc) is 2.93. The molecule has 6 heteroatoms. The van der Waals surface area contributed by atoms with E-state index >= 15 is 0 Å². The summed E-state index contributed by atoms with van der Waals surface area (Å²) in [6, 6.07) is 3.58. The number of carbonyl (C=O) groups excluding carboxylic acids is 1. The fourth-order valence-electron chi connectivity index (χ4n) is 1.49. The summed E-state index contributed by atoms with van der Waals surface area (Å²) >= 11 is 1.41. The summed E-state index contributed by atoms with van der Waals surface area (Å²) in [5, 5.41) is 12.9. The number of hydrogen-bond acceptors (Lipinski definition) is 5. The number of carbonyl (C=O) groups is 1. The summed E-state index contributed by atoms with van der Waals surface area (Å²) in [4.78, 5) is 17.1. The highest BCUT2D eigenvalue weighted by molar-refractivity contribution is 7.15. The van der Waals surface area contributed by atoms with Crippen molar-refractivity contribution in [2.24, 2.45) is 0 Å². The number of aryl methyl sites for hydroxylation is 1. The molecule has 0 saturated heterocycles. The van der Waals surface area contributed by atoms with Gasteiger partial charge in [0.1, 0.15) is 5.69 Å². The monoisotopic (exact) mass is 280 g/mol. The average molecular weight is 280 g/mol. The van der Waals surface area contributed by atoms with E-state index in [1.165, 1.54) is 11.3 Å². The van der Waals surface area contributed by atoms with Crippen molar-refractivity contribution in [2.75, 3.05) is 6.54 Å². The molecule has 1 amide bonds. The number of furan rings is 1. The summed E-state index contributed by atoms with van der Waals surface area (Å²) in [5.74, 6) is 0.364. The van der Waals surface area contributed by atoms with Crippen LogP contribution in [0.5, 0.6) is 0 Å². The molecule has 0 spiro atoms. The molecule has 5 nitrogen and oxygen atoms in total. The Kier molecular flexibility index (Phi) is 3.73. The summed E-state index contributed by atoms with van der Waals surface area (Å²) in [6.45, 7) is 5.28. The molecule has 0 aliphatic rings. The van der Waals surface area contributed by atoms with Crippen molar-refractivity contribution in [1.29, 1.82) is 0 Å². The van der Waals surface area contributed by atoms with Gasteiger partial charge in [0.15, 0.2) is 10.8 Å². The second-order valence-corrected chi connectivity index (χ2v) is 6.10. The number of amides is 1. The van der Waals surface area contributed by atoms with Crippen molar-refractivity contribution in [2.45, 2.75) is 26.4 Å². The molecule has 0 aliphatic heterocycles. The van der Waals surface area contributed by atoms with Gasteiger partial charge >= 0.3 is 0 Å². The fraction of sp³-hybridized carbons (Fsp3) is 0.385. The van der Waals surface area contributed by atoms with E-state index in [0.29, 0.717) is 16.5 Å². The van der Waals surface area contributed by atoms with Crippen molar-refractivity contribution in [3.63, 3.8) is 0 Å². The Hall–Kier alpha value is -1.66. The summed E-state index contributed by atoms with van der Waals surface area (Å²) in [6.07, 6.45) is 1.57. The van der Waals surface area contributed by atoms with E-state index in [1.54, 1.807) is 32.2 Å². The number of thiazole rings is 1. The highest BCUT2D eigenvalue weighted by Crippen LogP contribution is 2.27. The highest BCUT2D eigenvalue weighted by atomic mass is 32.1. The predicted molar refractivity (Wildman–Crippen MR) is 73.2 cm³/mol. The molecule has 0 radical (unpaired) electrons. The summed E-state index contributed by atoms with van der Waals surface area (Å²) in [5.41, 5.74) is -0.565. The Balaban J connectivity index is 2.15. The first kappa shape index (κ1) is 13.8. The van der Waals surface area contributed by atoms with Crippen molar-refractivity contribution >= 4 is 17.2 Å². The Morgan fingerprint density at radius 3 is 2.89 bits per heavy atom. The van der Waals surface area contributed by atoms with Crippen molar-refractivity contribution < 1.29 is 14.3 Å². The van der Waals surface area contributed by atoms with E-state index in [2.05, 4.69) is 10.3 Å². The van der Waals surface area contributed by atoms with E-state index in [0.717, 1.165) is 4.88 Å². The number of nitrogens with zero attached hydrogens (tertiary/aromatic N) is 1. The third kappa shape index (κ3) is 3.42. The van der Waals surface area contributed by atoms with Gasteiger partial charge in [0.05, 0.1) is 11.9 Å². The zero-order valence-corrected chi connectivity index (χ0v) is 11.9. The predicted octanol–water partition coefficient (Wildman–Crippen LogP) is 2.21. The maximum absolute atomic E-state index is 12.0. The zero-order valence-electron chi connectivity index (χ0n) is 11.1. The molecule has 2 N–H and O–H groups in total. The van der Waals surface area contributed by atoms with Gasteiger partial charge in [-0.3, -0.25) is 4.79 Å². The maximum Gasteiger partial charge on any atom is 0.271 e. The number of rotatable bonds is 4. The molecular formula is C13H16N2O3S. The first-order valence-corrected chi connectivity index (χ1v) is 6.70. The molecule has 102 valence electrons. The first-order valence-electron chi connectivity index (χ1n) is 5.89. The van der Waals surface area contributed by atoms with E-state index in [9.17, 15) is 9.90 Å². The standard InChI is InChI=1S/C13H16N2O3S/c1-8-10(11(16)14-7-13(2,3)17)15-12(19-8)9-5-4-6-18-9/h4-6,17H,7H2,1-3H3,(H,14,16). The minimum absolute atomic E-state index is 0.179. The van der Waals surface area contributed by atoms with E-state index in [1.807, 2.05) is 6.92 Å². The van der Waals surface area contributed by atoms with Gasteiger partial charge in [-0.15, -0.1) is 11.3 Å². The maximum atomic E-state index is 12.0. The SMILES string of the molecule is Cc1sc(-c2ccco2)nc1C(=O)NCC(C)(C)O. The quantitative estimate of drug-likeness (QED) is 0.900. The van der Waals surface area contributed by atoms with Crippen LogP contribution in [0.2, 0.25) is 0 Å². The second kappa shape index (κ2) is 5.14. The molecule has 2 aromatic heterocycles. The van der Waals surface area contributed by atoms with Gasteiger partial charge in [-0.2, -0.15) is 0 Å². The van der Waals surface area contributed by atoms with E-state index < -0.39 is 5.60 Å². The van der Waals surface area contributed by atoms with Crippen LogP contribution in [0.3, 0.4) is 0 Å². The number of hydrogen-bond donors (Lipinski definition) is 2. The van der Waals surface area contributed by atoms with Gasteiger partial charge in [-0.25, -0.2) is 4.98 Å². The molecule has 0 aliphatic carbocycles. The molecular weight excluding hydrogens is 264 g/mol. The number of nitrogens with one attached hydrogen (secondary N) is 1. The van der Waals surface area contributed by atoms with Gasteiger partial charge < -0.3 is 14.8 Å². The molecule has 0 saturated carbocycles. The topological polar surface area (TPSA) is 75.4 Å². The Bertz CT molecular complexity index is 567. The van der Waals surface area contributed by atoms with Crippen LogP contribution in [-0.2, 0) is 0 Å². The largest absolute Gasteiger partial charge is 0.462 e. The third-order valence-electron chi connectivity index (χ3n) is 2.43. The van der Waals surface area contributed by atoms with Crippen LogP contribution < -0.4 is 5.32 Å². The lowest BCUT2D eigenvalue weighted by atomic mass is 10.1. The normalized spacial score (nSPS) is 11.6. The third-order valence-corrected chi connectivity index (χ3v) is 3.41. The minimum atomic E-state index is -0.941. The Morgan fingerprint density at radius 1 is 1.58 bits per heavy atom. The van der Waals surface area contributed by atoms with Crippen LogP contribution in [-0.4, -0.2) is 28.1 Å². The van der Waals surface area contributed by atoms with Crippen molar-refractivity contribution in [3.05, 3.63) is 29.0 Å². The molecule has 0 bridgehead atoms. The van der Waals surface area contributed by atoms with Crippen molar-refractivity contribution in [1.82, 2.24) is 10.3 Å². The lowest BCUT2D eigenvalue weighted by molar-refractivity contribution is 0.0692. The Morgan fingerprint density at radius 2 is 2.32 bits per heavy atom. The second-order valence-electron chi connectivity index (χ2n) is 4.90. The van der Waals surface area contributed by atoms with Crippen LogP contribution in [0.25, 0.3) is 10.8 Å². The van der Waals surface area contributed by atoms with Gasteiger partial charge in [-0.05, 0) is 32.9 Å². The summed E-state index contributed by atoms with van der Waals surface area (Å²) in [7, 11) is 0. The number of aliphatic hydroxyl groups is 1. The van der Waals surface area contributed by atoms with Gasteiger partial charge in [0.25, 0.3) is 5.91 Å².